The van der Waals surface area contributed by atoms with Crippen LogP contribution >= 0.6 is 11.6 Å². The standard InChI is InChI=1S/C10H13ClN2O/c11-8-1-2-10(9(12)3-8)13-4-7-5-14-6-7/h1-3,7,13H,4-6,12H2. The Morgan fingerprint density at radius 1 is 1.50 bits per heavy atom. The van der Waals surface area contributed by atoms with Gasteiger partial charge in [-0.05, 0) is 18.2 Å². The summed E-state index contributed by atoms with van der Waals surface area (Å²) in [5, 5.41) is 3.95. The van der Waals surface area contributed by atoms with Crippen molar-refractivity contribution in [3.63, 3.8) is 0 Å². The molecule has 1 saturated heterocycles. The maximum atomic E-state index is 5.79. The van der Waals surface area contributed by atoms with Gasteiger partial charge in [-0.1, -0.05) is 11.6 Å². The summed E-state index contributed by atoms with van der Waals surface area (Å²) in [5.41, 5.74) is 7.43. The van der Waals surface area contributed by atoms with Gasteiger partial charge in [0, 0.05) is 17.5 Å². The van der Waals surface area contributed by atoms with Crippen LogP contribution < -0.4 is 11.1 Å². The summed E-state index contributed by atoms with van der Waals surface area (Å²) in [7, 11) is 0. The van der Waals surface area contributed by atoms with Crippen LogP contribution in [-0.4, -0.2) is 19.8 Å². The van der Waals surface area contributed by atoms with Gasteiger partial charge in [-0.3, -0.25) is 0 Å². The molecule has 76 valence electrons. The fourth-order valence-electron chi connectivity index (χ4n) is 1.35. The summed E-state index contributed by atoms with van der Waals surface area (Å²) in [6.07, 6.45) is 0. The smallest absolute Gasteiger partial charge is 0.0575 e. The van der Waals surface area contributed by atoms with Gasteiger partial charge in [0.2, 0.25) is 0 Å². The van der Waals surface area contributed by atoms with Crippen LogP contribution in [0.2, 0.25) is 5.02 Å². The second-order valence-electron chi connectivity index (χ2n) is 3.52. The van der Waals surface area contributed by atoms with Crippen LogP contribution in [0.4, 0.5) is 11.4 Å². The Morgan fingerprint density at radius 3 is 2.86 bits per heavy atom. The van der Waals surface area contributed by atoms with Crippen molar-refractivity contribution in [3.05, 3.63) is 23.2 Å². The van der Waals surface area contributed by atoms with Crippen LogP contribution in [0.5, 0.6) is 0 Å². The molecule has 0 radical (unpaired) electrons. The fourth-order valence-corrected chi connectivity index (χ4v) is 1.53. The predicted octanol–water partition coefficient (Wildman–Crippen LogP) is 1.98. The van der Waals surface area contributed by atoms with Crippen molar-refractivity contribution in [1.82, 2.24) is 0 Å². The molecular formula is C10H13ClN2O. The molecule has 2 rings (SSSR count). The van der Waals surface area contributed by atoms with E-state index in [9.17, 15) is 0 Å². The number of hydrogen-bond acceptors (Lipinski definition) is 3. The third-order valence-electron chi connectivity index (χ3n) is 2.30. The van der Waals surface area contributed by atoms with Crippen molar-refractivity contribution in [1.29, 1.82) is 0 Å². The highest BCUT2D eigenvalue weighted by atomic mass is 35.5. The first-order valence-electron chi connectivity index (χ1n) is 4.62. The molecule has 1 aromatic carbocycles. The number of anilines is 2. The topological polar surface area (TPSA) is 47.3 Å². The van der Waals surface area contributed by atoms with Crippen molar-refractivity contribution < 1.29 is 4.74 Å². The summed E-state index contributed by atoms with van der Waals surface area (Å²) in [6, 6.07) is 5.48. The van der Waals surface area contributed by atoms with E-state index >= 15 is 0 Å². The van der Waals surface area contributed by atoms with E-state index in [2.05, 4.69) is 5.32 Å². The lowest BCUT2D eigenvalue weighted by Crippen LogP contribution is -2.33. The average molecular weight is 213 g/mol. The minimum atomic E-state index is 0.616. The summed E-state index contributed by atoms with van der Waals surface area (Å²) in [4.78, 5) is 0. The molecule has 1 aliphatic rings. The highest BCUT2D eigenvalue weighted by Crippen LogP contribution is 2.23. The normalized spacial score (nSPS) is 16.4. The molecule has 3 N–H and O–H groups in total. The van der Waals surface area contributed by atoms with Crippen molar-refractivity contribution >= 4 is 23.0 Å². The van der Waals surface area contributed by atoms with Gasteiger partial charge in [0.25, 0.3) is 0 Å². The number of nitrogens with one attached hydrogen (secondary N) is 1. The molecule has 4 heteroatoms. The van der Waals surface area contributed by atoms with E-state index < -0.39 is 0 Å². The molecular weight excluding hydrogens is 200 g/mol. The van der Waals surface area contributed by atoms with Crippen LogP contribution in [-0.2, 0) is 4.74 Å². The second kappa shape index (κ2) is 4.07. The molecule has 1 fully saturated rings. The largest absolute Gasteiger partial charge is 0.397 e. The van der Waals surface area contributed by atoms with Gasteiger partial charge in [0.05, 0.1) is 24.6 Å². The van der Waals surface area contributed by atoms with Crippen LogP contribution in [0.1, 0.15) is 0 Å². The maximum Gasteiger partial charge on any atom is 0.0575 e. The number of rotatable bonds is 3. The SMILES string of the molecule is Nc1cc(Cl)ccc1NCC1COC1. The lowest BCUT2D eigenvalue weighted by atomic mass is 10.1. The third-order valence-corrected chi connectivity index (χ3v) is 2.54. The molecule has 14 heavy (non-hydrogen) atoms. The molecule has 3 nitrogen and oxygen atoms in total. The average Bonchev–Trinajstić information content (AvgIpc) is 2.05. The summed E-state index contributed by atoms with van der Waals surface area (Å²) >= 11 is 5.79. The molecule has 0 saturated carbocycles. The fraction of sp³-hybridized carbons (Fsp3) is 0.400. The van der Waals surface area contributed by atoms with E-state index in [0.717, 1.165) is 25.4 Å². The molecule has 0 unspecified atom stereocenters. The van der Waals surface area contributed by atoms with Crippen molar-refractivity contribution in [2.24, 2.45) is 5.92 Å². The first kappa shape index (κ1) is 9.62. The number of nitrogen functional groups attached to an aromatic ring is 1. The van der Waals surface area contributed by atoms with Crippen molar-refractivity contribution in [3.8, 4) is 0 Å². The second-order valence-corrected chi connectivity index (χ2v) is 3.95. The summed E-state index contributed by atoms with van der Waals surface area (Å²) in [5.74, 6) is 0.616. The highest BCUT2D eigenvalue weighted by Gasteiger charge is 2.17. The van der Waals surface area contributed by atoms with Gasteiger partial charge >= 0.3 is 0 Å². The molecule has 0 atom stereocenters. The Bertz CT molecular complexity index is 326. The van der Waals surface area contributed by atoms with Crippen LogP contribution in [0, 0.1) is 5.92 Å². The molecule has 0 aliphatic carbocycles. The van der Waals surface area contributed by atoms with E-state index in [1.54, 1.807) is 6.07 Å². The summed E-state index contributed by atoms with van der Waals surface area (Å²) in [6.45, 7) is 2.60. The zero-order chi connectivity index (χ0) is 9.97. The van der Waals surface area contributed by atoms with Gasteiger partial charge in [0.15, 0.2) is 0 Å². The van der Waals surface area contributed by atoms with Crippen LogP contribution in [0.25, 0.3) is 0 Å². The Kier molecular flexibility index (Phi) is 2.79. The monoisotopic (exact) mass is 212 g/mol. The Labute approximate surface area is 88.2 Å². The van der Waals surface area contributed by atoms with Gasteiger partial charge in [-0.15, -0.1) is 0 Å². The molecule has 1 aliphatic heterocycles. The highest BCUT2D eigenvalue weighted by molar-refractivity contribution is 6.31. The quantitative estimate of drug-likeness (QED) is 0.754. The maximum absolute atomic E-state index is 5.79. The number of hydrogen-bond donors (Lipinski definition) is 2. The van der Waals surface area contributed by atoms with E-state index in [4.69, 9.17) is 22.1 Å². The summed E-state index contributed by atoms with van der Waals surface area (Å²) < 4.78 is 5.08. The van der Waals surface area contributed by atoms with E-state index in [1.807, 2.05) is 12.1 Å². The number of benzene rings is 1. The molecule has 0 aromatic heterocycles. The van der Waals surface area contributed by atoms with Gasteiger partial charge in [0.1, 0.15) is 0 Å². The number of nitrogens with two attached hydrogens (primary N) is 1. The predicted molar refractivity (Wildman–Crippen MR) is 58.7 cm³/mol. The van der Waals surface area contributed by atoms with Crippen molar-refractivity contribution in [2.75, 3.05) is 30.8 Å². The first-order valence-corrected chi connectivity index (χ1v) is 5.00. The van der Waals surface area contributed by atoms with Crippen molar-refractivity contribution in [2.45, 2.75) is 0 Å². The Hall–Kier alpha value is -0.930. The Balaban J connectivity index is 1.94. The Morgan fingerprint density at radius 2 is 2.29 bits per heavy atom. The van der Waals surface area contributed by atoms with Gasteiger partial charge < -0.3 is 15.8 Å². The number of ether oxygens (including phenoxy) is 1. The molecule has 1 aromatic rings. The minimum absolute atomic E-state index is 0.616. The van der Waals surface area contributed by atoms with E-state index in [0.29, 0.717) is 16.6 Å². The minimum Gasteiger partial charge on any atom is -0.397 e. The zero-order valence-corrected chi connectivity index (χ0v) is 8.55. The van der Waals surface area contributed by atoms with Crippen LogP contribution in [0.3, 0.4) is 0 Å². The van der Waals surface area contributed by atoms with Gasteiger partial charge in [-0.2, -0.15) is 0 Å². The number of halogens is 1. The van der Waals surface area contributed by atoms with Gasteiger partial charge in [-0.25, -0.2) is 0 Å². The lowest BCUT2D eigenvalue weighted by molar-refractivity contribution is -0.0248. The third kappa shape index (κ3) is 2.11. The molecule has 0 spiro atoms. The van der Waals surface area contributed by atoms with Crippen LogP contribution in [0.15, 0.2) is 18.2 Å². The van der Waals surface area contributed by atoms with E-state index in [-0.39, 0.29) is 0 Å². The lowest BCUT2D eigenvalue weighted by Gasteiger charge is -2.26. The zero-order valence-electron chi connectivity index (χ0n) is 7.79. The van der Waals surface area contributed by atoms with E-state index in [1.165, 1.54) is 0 Å². The first-order chi connectivity index (χ1) is 6.75. The molecule has 0 amide bonds. The molecule has 0 bridgehead atoms. The molecule has 1 heterocycles.